The van der Waals surface area contributed by atoms with Crippen LogP contribution in [0.3, 0.4) is 0 Å². The molecule has 0 aromatic heterocycles. The van der Waals surface area contributed by atoms with Gasteiger partial charge in [0.1, 0.15) is 0 Å². The predicted octanol–water partition coefficient (Wildman–Crippen LogP) is 4.17. The van der Waals surface area contributed by atoms with Crippen LogP contribution in [0, 0.1) is 0 Å². The summed E-state index contributed by atoms with van der Waals surface area (Å²) in [5, 5.41) is 0. The van der Waals surface area contributed by atoms with Crippen molar-refractivity contribution in [2.45, 2.75) is 6.42 Å². The van der Waals surface area contributed by atoms with Gasteiger partial charge in [-0.3, -0.25) is 4.79 Å². The number of hydrogen-bond donors (Lipinski definition) is 0. The Balaban J connectivity index is 1.83. The standard InChI is InChI=1S/C16H14OS2/c17-15(14-9-5-2-6-10-14)12-19-16(18)11-13-7-3-1-4-8-13/h1-10H,11-12H2. The number of carbonyl (C=O) groups excluding carboxylic acids is 1. The van der Waals surface area contributed by atoms with E-state index in [9.17, 15) is 4.79 Å². The number of Topliss-reactive ketones (excluding diaryl/α,β-unsaturated/α-hetero) is 1. The molecule has 0 saturated carbocycles. The lowest BCUT2D eigenvalue weighted by molar-refractivity contribution is 0.102. The molecule has 0 saturated heterocycles. The molecule has 0 aliphatic heterocycles. The molecule has 0 radical (unpaired) electrons. The SMILES string of the molecule is O=C(CSC(=S)Cc1ccccc1)c1ccccc1. The van der Waals surface area contributed by atoms with Gasteiger partial charge >= 0.3 is 0 Å². The Morgan fingerprint density at radius 2 is 1.53 bits per heavy atom. The molecule has 19 heavy (non-hydrogen) atoms. The fourth-order valence-corrected chi connectivity index (χ4v) is 2.74. The summed E-state index contributed by atoms with van der Waals surface area (Å²) in [4.78, 5) is 11.9. The highest BCUT2D eigenvalue weighted by atomic mass is 32.2. The zero-order chi connectivity index (χ0) is 13.5. The van der Waals surface area contributed by atoms with E-state index in [1.54, 1.807) is 0 Å². The van der Waals surface area contributed by atoms with Crippen molar-refractivity contribution in [3.05, 3.63) is 71.8 Å². The summed E-state index contributed by atoms with van der Waals surface area (Å²) in [6.45, 7) is 0. The molecule has 0 heterocycles. The topological polar surface area (TPSA) is 17.1 Å². The van der Waals surface area contributed by atoms with E-state index in [2.05, 4.69) is 0 Å². The summed E-state index contributed by atoms with van der Waals surface area (Å²) in [7, 11) is 0. The molecule has 0 spiro atoms. The minimum Gasteiger partial charge on any atom is -0.293 e. The molecule has 0 aliphatic carbocycles. The van der Waals surface area contributed by atoms with E-state index in [1.165, 1.54) is 17.3 Å². The Bertz CT molecular complexity index is 549. The lowest BCUT2D eigenvalue weighted by Gasteiger charge is -2.04. The number of benzene rings is 2. The van der Waals surface area contributed by atoms with Gasteiger partial charge in [0.05, 0.1) is 9.95 Å². The summed E-state index contributed by atoms with van der Waals surface area (Å²) in [6, 6.07) is 19.4. The van der Waals surface area contributed by atoms with E-state index in [0.29, 0.717) is 5.75 Å². The molecule has 0 aliphatic rings. The lowest BCUT2D eigenvalue weighted by atomic mass is 10.2. The number of ketones is 1. The van der Waals surface area contributed by atoms with Crippen molar-refractivity contribution in [3.8, 4) is 0 Å². The minimum atomic E-state index is 0.126. The van der Waals surface area contributed by atoms with E-state index >= 15 is 0 Å². The van der Waals surface area contributed by atoms with Crippen LogP contribution >= 0.6 is 24.0 Å². The van der Waals surface area contributed by atoms with Crippen LogP contribution in [0.2, 0.25) is 0 Å². The molecule has 0 amide bonds. The van der Waals surface area contributed by atoms with Gasteiger partial charge in [0.15, 0.2) is 5.78 Å². The largest absolute Gasteiger partial charge is 0.293 e. The van der Waals surface area contributed by atoms with Crippen LogP contribution < -0.4 is 0 Å². The Kier molecular flexibility index (Phi) is 5.31. The quantitative estimate of drug-likeness (QED) is 0.606. The molecule has 0 fully saturated rings. The second kappa shape index (κ2) is 7.22. The fourth-order valence-electron chi connectivity index (χ4n) is 1.67. The molecule has 0 atom stereocenters. The van der Waals surface area contributed by atoms with E-state index in [4.69, 9.17) is 12.2 Å². The van der Waals surface area contributed by atoms with Crippen LogP contribution in [0.5, 0.6) is 0 Å². The highest BCUT2D eigenvalue weighted by Crippen LogP contribution is 2.13. The van der Waals surface area contributed by atoms with Gasteiger partial charge < -0.3 is 0 Å². The van der Waals surface area contributed by atoms with Crippen LogP contribution in [-0.2, 0) is 6.42 Å². The smallest absolute Gasteiger partial charge is 0.173 e. The average Bonchev–Trinajstić information content (AvgIpc) is 2.47. The number of carbonyl (C=O) groups is 1. The summed E-state index contributed by atoms with van der Waals surface area (Å²) in [6.07, 6.45) is 0.739. The molecule has 2 aromatic rings. The van der Waals surface area contributed by atoms with Crippen molar-refractivity contribution in [2.24, 2.45) is 0 Å². The summed E-state index contributed by atoms with van der Waals surface area (Å²) >= 11 is 6.77. The maximum Gasteiger partial charge on any atom is 0.173 e. The molecule has 0 unspecified atom stereocenters. The number of hydrogen-bond acceptors (Lipinski definition) is 3. The third kappa shape index (κ3) is 4.62. The van der Waals surface area contributed by atoms with Gasteiger partial charge in [-0.1, -0.05) is 72.9 Å². The molecule has 3 heteroatoms. The zero-order valence-corrected chi connectivity index (χ0v) is 12.0. The van der Waals surface area contributed by atoms with Crippen molar-refractivity contribution >= 4 is 34.0 Å². The van der Waals surface area contributed by atoms with Crippen LogP contribution in [0.15, 0.2) is 60.7 Å². The first-order valence-electron chi connectivity index (χ1n) is 6.03. The summed E-state index contributed by atoms with van der Waals surface area (Å²) in [5.41, 5.74) is 1.93. The van der Waals surface area contributed by atoms with Crippen LogP contribution in [0.1, 0.15) is 15.9 Å². The maximum absolute atomic E-state index is 11.9. The number of thioether (sulfide) groups is 1. The van der Waals surface area contributed by atoms with Gasteiger partial charge in [0.2, 0.25) is 0 Å². The van der Waals surface area contributed by atoms with Gasteiger partial charge in [-0.15, -0.1) is 11.8 Å². The molecular weight excluding hydrogens is 272 g/mol. The first-order chi connectivity index (χ1) is 9.25. The normalized spacial score (nSPS) is 10.1. The second-order valence-electron chi connectivity index (χ2n) is 4.11. The molecule has 0 N–H and O–H groups in total. The van der Waals surface area contributed by atoms with E-state index < -0.39 is 0 Å². The van der Waals surface area contributed by atoms with Crippen molar-refractivity contribution in [3.63, 3.8) is 0 Å². The Morgan fingerprint density at radius 1 is 0.947 bits per heavy atom. The maximum atomic E-state index is 11.9. The van der Waals surface area contributed by atoms with E-state index in [0.717, 1.165) is 16.2 Å². The predicted molar refractivity (Wildman–Crippen MR) is 86.0 cm³/mol. The Labute approximate surface area is 123 Å². The van der Waals surface area contributed by atoms with Gasteiger partial charge in [0.25, 0.3) is 0 Å². The first-order valence-corrected chi connectivity index (χ1v) is 7.43. The molecular formula is C16H14OS2. The number of rotatable bonds is 5. The van der Waals surface area contributed by atoms with Gasteiger partial charge in [-0.05, 0) is 5.56 Å². The van der Waals surface area contributed by atoms with Gasteiger partial charge in [0, 0.05) is 12.0 Å². The third-order valence-corrected chi connectivity index (χ3v) is 4.02. The van der Waals surface area contributed by atoms with Crippen molar-refractivity contribution in [1.29, 1.82) is 0 Å². The van der Waals surface area contributed by atoms with Gasteiger partial charge in [-0.2, -0.15) is 0 Å². The molecule has 1 nitrogen and oxygen atoms in total. The average molecular weight is 286 g/mol. The fraction of sp³-hybridized carbons (Fsp3) is 0.125. The first kappa shape index (κ1) is 14.0. The zero-order valence-electron chi connectivity index (χ0n) is 10.4. The van der Waals surface area contributed by atoms with Crippen LogP contribution in [0.4, 0.5) is 0 Å². The molecule has 0 bridgehead atoms. The van der Waals surface area contributed by atoms with Gasteiger partial charge in [-0.25, -0.2) is 0 Å². The lowest BCUT2D eigenvalue weighted by Crippen LogP contribution is -2.05. The molecule has 2 aromatic carbocycles. The highest BCUT2D eigenvalue weighted by molar-refractivity contribution is 8.23. The summed E-state index contributed by atoms with van der Waals surface area (Å²) < 4.78 is 0.857. The Morgan fingerprint density at radius 3 is 2.16 bits per heavy atom. The minimum absolute atomic E-state index is 0.126. The summed E-state index contributed by atoms with van der Waals surface area (Å²) in [5.74, 6) is 0.538. The third-order valence-electron chi connectivity index (χ3n) is 2.65. The Hall–Kier alpha value is -1.45. The molecule has 2 rings (SSSR count). The van der Waals surface area contributed by atoms with Crippen molar-refractivity contribution in [2.75, 3.05) is 5.75 Å². The van der Waals surface area contributed by atoms with E-state index in [1.807, 2.05) is 60.7 Å². The van der Waals surface area contributed by atoms with Crippen LogP contribution in [0.25, 0.3) is 0 Å². The highest BCUT2D eigenvalue weighted by Gasteiger charge is 2.07. The van der Waals surface area contributed by atoms with Crippen LogP contribution in [-0.4, -0.2) is 15.7 Å². The van der Waals surface area contributed by atoms with Crippen molar-refractivity contribution < 1.29 is 4.79 Å². The number of thiocarbonyl (C=S) groups is 1. The van der Waals surface area contributed by atoms with E-state index in [-0.39, 0.29) is 5.78 Å². The monoisotopic (exact) mass is 286 g/mol. The van der Waals surface area contributed by atoms with Crippen molar-refractivity contribution in [1.82, 2.24) is 0 Å². The second-order valence-corrected chi connectivity index (χ2v) is 5.93. The molecule has 96 valence electrons.